The van der Waals surface area contributed by atoms with Gasteiger partial charge in [-0.05, 0) is 24.3 Å². The van der Waals surface area contributed by atoms with Gasteiger partial charge in [-0.1, -0.05) is 18.2 Å². The molecule has 1 aromatic carbocycles. The van der Waals surface area contributed by atoms with Crippen LogP contribution in [0.4, 0.5) is 23.8 Å². The van der Waals surface area contributed by atoms with Crippen LogP contribution in [0.15, 0.2) is 42.5 Å². The Kier molecular flexibility index (Phi) is 7.71. The fourth-order valence-electron chi connectivity index (χ4n) is 3.56. The van der Waals surface area contributed by atoms with E-state index < -0.39 is 18.6 Å². The van der Waals surface area contributed by atoms with E-state index in [1.165, 1.54) is 18.2 Å². The average molecular weight is 467 g/mol. The van der Waals surface area contributed by atoms with Crippen LogP contribution in [0.3, 0.4) is 0 Å². The van der Waals surface area contributed by atoms with Crippen molar-refractivity contribution in [1.29, 1.82) is 0 Å². The number of benzene rings is 1. The van der Waals surface area contributed by atoms with Crippen LogP contribution in [0.5, 0.6) is 5.75 Å². The summed E-state index contributed by atoms with van der Waals surface area (Å²) in [5.41, 5.74) is 7.13. The molecule has 1 unspecified atom stereocenters. The molecule has 0 radical (unpaired) electrons. The summed E-state index contributed by atoms with van der Waals surface area (Å²) in [4.78, 5) is 31.3. The normalized spacial score (nSPS) is 15.7. The quantitative estimate of drug-likeness (QED) is 0.569. The Morgan fingerprint density at radius 1 is 1.21 bits per heavy atom. The maximum Gasteiger partial charge on any atom is 0.573 e. The predicted octanol–water partition coefficient (Wildman–Crippen LogP) is 2.23. The summed E-state index contributed by atoms with van der Waals surface area (Å²) in [5, 5.41) is 9.15. The Balaban J connectivity index is 1.64. The zero-order valence-electron chi connectivity index (χ0n) is 17.6. The van der Waals surface area contributed by atoms with E-state index in [0.717, 1.165) is 4.90 Å². The average Bonchev–Trinajstić information content (AvgIpc) is 2.78. The van der Waals surface area contributed by atoms with Crippen LogP contribution < -0.4 is 15.4 Å². The molecule has 1 aliphatic heterocycles. The van der Waals surface area contributed by atoms with Crippen molar-refractivity contribution in [3.8, 4) is 17.0 Å². The summed E-state index contributed by atoms with van der Waals surface area (Å²) in [5.74, 6) is 0.343. The van der Waals surface area contributed by atoms with Crippen LogP contribution in [-0.4, -0.2) is 84.1 Å². The van der Waals surface area contributed by atoms with E-state index in [-0.39, 0.29) is 18.8 Å². The molecule has 3 rings (SSSR count). The molecule has 1 amide bonds. The highest BCUT2D eigenvalue weighted by molar-refractivity contribution is 5.69. The fraction of sp³-hybridized carbons (Fsp3) is 0.381. The lowest BCUT2D eigenvalue weighted by molar-refractivity contribution is -0.274. The lowest BCUT2D eigenvalue weighted by Gasteiger charge is -2.39. The highest BCUT2D eigenvalue weighted by Crippen LogP contribution is 2.28. The molecule has 1 fully saturated rings. The number of anilines is 1. The molecule has 0 aliphatic carbocycles. The molecule has 1 atom stereocenters. The largest absolute Gasteiger partial charge is 0.573 e. The van der Waals surface area contributed by atoms with Crippen molar-refractivity contribution in [3.05, 3.63) is 42.5 Å². The summed E-state index contributed by atoms with van der Waals surface area (Å²) in [7, 11) is 0. The molecule has 33 heavy (non-hydrogen) atoms. The number of aromatic nitrogens is 1. The number of carbonyl (C=O) groups is 2. The Labute approximate surface area is 188 Å². The number of carbonyl (C=O) groups excluding carboxylic acids is 1. The van der Waals surface area contributed by atoms with Gasteiger partial charge in [0, 0.05) is 31.7 Å². The van der Waals surface area contributed by atoms with Gasteiger partial charge in [-0.25, -0.2) is 9.78 Å². The highest BCUT2D eigenvalue weighted by atomic mass is 19.4. The van der Waals surface area contributed by atoms with E-state index >= 15 is 0 Å². The minimum absolute atomic E-state index is 0.0120. The molecule has 1 saturated heterocycles. The van der Waals surface area contributed by atoms with Crippen molar-refractivity contribution in [1.82, 2.24) is 14.8 Å². The number of nitrogens with two attached hydrogens (primary N) is 1. The summed E-state index contributed by atoms with van der Waals surface area (Å²) in [6.07, 6.45) is -6.02. The third kappa shape index (κ3) is 6.80. The number of aldehydes is 1. The number of alkyl halides is 3. The van der Waals surface area contributed by atoms with Gasteiger partial charge in [0.2, 0.25) is 0 Å². The molecule has 1 aliphatic rings. The van der Waals surface area contributed by atoms with Crippen LogP contribution in [0, 0.1) is 0 Å². The molecule has 0 bridgehead atoms. The number of rotatable bonds is 8. The van der Waals surface area contributed by atoms with Crippen molar-refractivity contribution < 1.29 is 32.6 Å². The van der Waals surface area contributed by atoms with Crippen molar-refractivity contribution >= 4 is 18.2 Å². The Morgan fingerprint density at radius 2 is 1.91 bits per heavy atom. The van der Waals surface area contributed by atoms with Gasteiger partial charge < -0.3 is 25.3 Å². The first-order valence-electron chi connectivity index (χ1n) is 10.2. The molecule has 178 valence electrons. The maximum atomic E-state index is 12.5. The first-order chi connectivity index (χ1) is 15.7. The molecular weight excluding hydrogens is 443 g/mol. The lowest BCUT2D eigenvalue weighted by atomic mass is 10.1. The molecule has 0 spiro atoms. The van der Waals surface area contributed by atoms with Crippen LogP contribution in [0.2, 0.25) is 0 Å². The summed E-state index contributed by atoms with van der Waals surface area (Å²) >= 11 is 0. The van der Waals surface area contributed by atoms with Crippen LogP contribution in [0.1, 0.15) is 0 Å². The van der Waals surface area contributed by atoms with Gasteiger partial charge >= 0.3 is 12.5 Å². The van der Waals surface area contributed by atoms with Crippen LogP contribution in [-0.2, 0) is 4.79 Å². The second-order valence-electron chi connectivity index (χ2n) is 7.40. The zero-order chi connectivity index (χ0) is 24.0. The third-order valence-corrected chi connectivity index (χ3v) is 5.18. The number of halogens is 3. The molecular formula is C21H24F3N5O4. The number of piperazine rings is 1. The summed E-state index contributed by atoms with van der Waals surface area (Å²) in [6.45, 7) is 2.02. The topological polar surface area (TPSA) is 112 Å². The molecule has 1 aromatic heterocycles. The molecule has 9 nitrogen and oxygen atoms in total. The number of hydrogen-bond donors (Lipinski definition) is 2. The second-order valence-corrected chi connectivity index (χ2v) is 7.40. The van der Waals surface area contributed by atoms with Crippen LogP contribution in [0.25, 0.3) is 11.3 Å². The predicted molar refractivity (Wildman–Crippen MR) is 114 cm³/mol. The first-order valence-corrected chi connectivity index (χ1v) is 10.2. The zero-order valence-corrected chi connectivity index (χ0v) is 17.6. The lowest BCUT2D eigenvalue weighted by Crippen LogP contribution is -2.57. The van der Waals surface area contributed by atoms with E-state index in [1.54, 1.807) is 18.2 Å². The van der Waals surface area contributed by atoms with E-state index in [0.29, 0.717) is 49.5 Å². The minimum atomic E-state index is -4.77. The number of ether oxygens (including phenoxy) is 1. The van der Waals surface area contributed by atoms with E-state index in [9.17, 15) is 22.8 Å². The standard InChI is InChI=1S/C21H24F3N5O4/c22-21(23,24)33-16-4-1-3-15(13-16)17-5-2-6-19(26-17)28-9-7-27(8-10-28)18(25)14-29(11-12-30)20(31)32/h1-6,12-13,18H,7-11,14,25H2,(H,31,32). The van der Waals surface area contributed by atoms with Gasteiger partial charge in [0.15, 0.2) is 0 Å². The van der Waals surface area contributed by atoms with Gasteiger partial charge in [0.05, 0.1) is 24.9 Å². The monoisotopic (exact) mass is 467 g/mol. The molecule has 2 heterocycles. The summed E-state index contributed by atoms with van der Waals surface area (Å²) in [6, 6.07) is 10.9. The third-order valence-electron chi connectivity index (χ3n) is 5.18. The number of hydrogen-bond acceptors (Lipinski definition) is 7. The first kappa shape index (κ1) is 24.3. The molecule has 0 saturated carbocycles. The van der Waals surface area contributed by atoms with E-state index in [1.807, 2.05) is 15.9 Å². The van der Waals surface area contributed by atoms with Crippen molar-refractivity contribution in [2.75, 3.05) is 44.2 Å². The summed E-state index contributed by atoms with van der Waals surface area (Å²) < 4.78 is 41.5. The molecule has 12 heteroatoms. The van der Waals surface area contributed by atoms with Crippen molar-refractivity contribution in [3.63, 3.8) is 0 Å². The molecule has 2 aromatic rings. The van der Waals surface area contributed by atoms with Crippen LogP contribution >= 0.6 is 0 Å². The van der Waals surface area contributed by atoms with Gasteiger partial charge in [-0.2, -0.15) is 0 Å². The van der Waals surface area contributed by atoms with Gasteiger partial charge in [0.1, 0.15) is 17.9 Å². The smallest absolute Gasteiger partial charge is 0.465 e. The maximum absolute atomic E-state index is 12.5. The number of amides is 1. The number of nitrogens with zero attached hydrogens (tertiary/aromatic N) is 4. The Bertz CT molecular complexity index is 967. The van der Waals surface area contributed by atoms with Crippen molar-refractivity contribution in [2.24, 2.45) is 5.73 Å². The van der Waals surface area contributed by atoms with Gasteiger partial charge in [-0.3, -0.25) is 9.80 Å². The number of carboxylic acid groups (broad SMARTS) is 1. The Hall–Kier alpha value is -3.38. The Morgan fingerprint density at radius 3 is 2.55 bits per heavy atom. The minimum Gasteiger partial charge on any atom is -0.465 e. The van der Waals surface area contributed by atoms with Crippen molar-refractivity contribution in [2.45, 2.75) is 12.5 Å². The fourth-order valence-corrected chi connectivity index (χ4v) is 3.56. The molecule has 3 N–H and O–H groups in total. The SMILES string of the molecule is NC(CN(CC=O)C(=O)O)N1CCN(c2cccc(-c3cccc(OC(F)(F)F)c3)n2)CC1. The van der Waals surface area contributed by atoms with E-state index in [2.05, 4.69) is 9.72 Å². The number of pyridine rings is 1. The van der Waals surface area contributed by atoms with Gasteiger partial charge in [0.25, 0.3) is 0 Å². The second kappa shape index (κ2) is 10.5. The van der Waals surface area contributed by atoms with Gasteiger partial charge in [-0.15, -0.1) is 13.2 Å². The highest BCUT2D eigenvalue weighted by Gasteiger charge is 2.31. The van der Waals surface area contributed by atoms with E-state index in [4.69, 9.17) is 10.8 Å².